The Bertz CT molecular complexity index is 583. The zero-order valence-electron chi connectivity index (χ0n) is 17.5. The first-order chi connectivity index (χ1) is 14.8. The van der Waals surface area contributed by atoms with Gasteiger partial charge >= 0.3 is 0 Å². The molecule has 11 atom stereocenters. The van der Waals surface area contributed by atoms with Crippen molar-refractivity contribution >= 4 is 0 Å². The lowest BCUT2D eigenvalue weighted by molar-refractivity contribution is -0.332. The zero-order valence-corrected chi connectivity index (χ0v) is 17.5. The number of rotatable bonds is 4. The molecule has 0 bridgehead atoms. The molecule has 6 unspecified atom stereocenters. The monoisotopic (exact) mass is 448 g/mol. The molecule has 2 saturated carbocycles. The van der Waals surface area contributed by atoms with Crippen molar-refractivity contribution in [3.63, 3.8) is 0 Å². The molecule has 4 fully saturated rings. The molecule has 0 amide bonds. The maximum Gasteiger partial charge on any atom is 0.187 e. The molecule has 4 aliphatic rings. The fraction of sp³-hybridized carbons (Fsp3) is 1.00. The van der Waals surface area contributed by atoms with Crippen molar-refractivity contribution in [2.24, 2.45) is 11.8 Å². The minimum Gasteiger partial charge on any atom is -0.394 e. The zero-order chi connectivity index (χ0) is 22.3. The van der Waals surface area contributed by atoms with Gasteiger partial charge in [-0.3, -0.25) is 0 Å². The fourth-order valence-electron chi connectivity index (χ4n) is 5.73. The van der Waals surface area contributed by atoms with Crippen molar-refractivity contribution in [3.8, 4) is 0 Å². The van der Waals surface area contributed by atoms with Crippen molar-refractivity contribution < 1.29 is 50.0 Å². The molecule has 10 nitrogen and oxygen atoms in total. The van der Waals surface area contributed by atoms with Crippen LogP contribution in [0.4, 0.5) is 0 Å². The van der Waals surface area contributed by atoms with Crippen LogP contribution < -0.4 is 0 Å². The molecule has 180 valence electrons. The Balaban J connectivity index is 1.52. The van der Waals surface area contributed by atoms with E-state index in [1.54, 1.807) is 0 Å². The Hall–Kier alpha value is -0.400. The van der Waals surface area contributed by atoms with E-state index in [0.717, 1.165) is 12.8 Å². The number of fused-ring (bicyclic) bond motifs is 1. The predicted molar refractivity (Wildman–Crippen MR) is 105 cm³/mol. The van der Waals surface area contributed by atoms with E-state index in [2.05, 4.69) is 0 Å². The van der Waals surface area contributed by atoms with Gasteiger partial charge in [0.15, 0.2) is 6.29 Å². The van der Waals surface area contributed by atoms with Crippen LogP contribution in [0.2, 0.25) is 0 Å². The molecule has 7 N–H and O–H groups in total. The Morgan fingerprint density at radius 2 is 1.45 bits per heavy atom. The number of ether oxygens (including phenoxy) is 3. The lowest BCUT2D eigenvalue weighted by Gasteiger charge is -2.50. The third kappa shape index (κ3) is 4.93. The normalized spacial score (nSPS) is 53.7. The van der Waals surface area contributed by atoms with Gasteiger partial charge in [0.1, 0.15) is 24.4 Å². The molecule has 10 heteroatoms. The van der Waals surface area contributed by atoms with Crippen LogP contribution in [0.1, 0.15) is 44.9 Å². The topological polar surface area (TPSA) is 169 Å². The molecule has 2 aliphatic heterocycles. The van der Waals surface area contributed by atoms with Crippen LogP contribution in [0, 0.1) is 11.8 Å². The first-order valence-corrected chi connectivity index (χ1v) is 11.4. The van der Waals surface area contributed by atoms with E-state index in [4.69, 9.17) is 14.2 Å². The standard InChI is InChI=1S/C21H36O10/c22-8-16-17(26)18(27)19(28)21(31-16)30-15-7-12-13(25)5-11(24)6-14(12)29-20(15)9-1-3-10(23)4-2-9/h9-28H,1-8H2/t9?,10?,11?,12?,13?,14?,15?,16-,17+,18+,19-,20?,21-/m1/s1. The van der Waals surface area contributed by atoms with Crippen LogP contribution >= 0.6 is 0 Å². The van der Waals surface area contributed by atoms with E-state index in [1.165, 1.54) is 0 Å². The highest BCUT2D eigenvalue weighted by Crippen LogP contribution is 2.43. The molecule has 2 saturated heterocycles. The summed E-state index contributed by atoms with van der Waals surface area (Å²) >= 11 is 0. The second-order valence-corrected chi connectivity index (χ2v) is 9.67. The van der Waals surface area contributed by atoms with E-state index in [9.17, 15) is 35.7 Å². The van der Waals surface area contributed by atoms with Crippen LogP contribution in [0.3, 0.4) is 0 Å². The first-order valence-electron chi connectivity index (χ1n) is 11.4. The van der Waals surface area contributed by atoms with E-state index < -0.39 is 61.7 Å². The van der Waals surface area contributed by atoms with Gasteiger partial charge in [0.05, 0.1) is 43.2 Å². The summed E-state index contributed by atoms with van der Waals surface area (Å²) in [5, 5.41) is 70.5. The molecule has 2 heterocycles. The summed E-state index contributed by atoms with van der Waals surface area (Å²) in [5.74, 6) is -0.154. The summed E-state index contributed by atoms with van der Waals surface area (Å²) in [4.78, 5) is 0. The smallest absolute Gasteiger partial charge is 0.187 e. The van der Waals surface area contributed by atoms with E-state index in [-0.39, 0.29) is 30.5 Å². The van der Waals surface area contributed by atoms with Gasteiger partial charge in [0.2, 0.25) is 0 Å². The van der Waals surface area contributed by atoms with Gasteiger partial charge in [-0.2, -0.15) is 0 Å². The number of aliphatic hydroxyl groups is 7. The SMILES string of the molecule is OC[C@H]1O[C@@H](OC2CC3C(O)CC(O)CC3OC2C2CCC(O)CC2)[C@H](O)[C@@H](O)[C@H]1O. The fourth-order valence-corrected chi connectivity index (χ4v) is 5.73. The van der Waals surface area contributed by atoms with Crippen molar-refractivity contribution in [1.29, 1.82) is 0 Å². The second-order valence-electron chi connectivity index (χ2n) is 9.67. The molecule has 2 aliphatic carbocycles. The third-order valence-electron chi connectivity index (χ3n) is 7.56. The molecular weight excluding hydrogens is 412 g/mol. The van der Waals surface area contributed by atoms with E-state index in [1.807, 2.05) is 0 Å². The molecule has 4 rings (SSSR count). The number of hydrogen-bond donors (Lipinski definition) is 7. The Morgan fingerprint density at radius 1 is 0.742 bits per heavy atom. The lowest BCUT2D eigenvalue weighted by Crippen LogP contribution is -2.62. The molecule has 0 aromatic heterocycles. The molecule has 0 aromatic carbocycles. The average molecular weight is 449 g/mol. The molecule has 0 radical (unpaired) electrons. The van der Waals surface area contributed by atoms with Gasteiger partial charge in [-0.25, -0.2) is 0 Å². The summed E-state index contributed by atoms with van der Waals surface area (Å²) < 4.78 is 18.0. The quantitative estimate of drug-likeness (QED) is 0.256. The van der Waals surface area contributed by atoms with Crippen molar-refractivity contribution in [1.82, 2.24) is 0 Å². The summed E-state index contributed by atoms with van der Waals surface area (Å²) in [7, 11) is 0. The minimum absolute atomic E-state index is 0.0930. The van der Waals surface area contributed by atoms with Crippen LogP contribution in [-0.4, -0.2) is 110 Å². The maximum absolute atomic E-state index is 10.5. The minimum atomic E-state index is -1.54. The molecule has 0 aromatic rings. The van der Waals surface area contributed by atoms with Crippen molar-refractivity contribution in [2.75, 3.05) is 6.61 Å². The average Bonchev–Trinajstić information content (AvgIpc) is 2.74. The van der Waals surface area contributed by atoms with Crippen LogP contribution in [0.5, 0.6) is 0 Å². The lowest BCUT2D eigenvalue weighted by atomic mass is 9.73. The largest absolute Gasteiger partial charge is 0.394 e. The summed E-state index contributed by atoms with van der Waals surface area (Å²) in [6.45, 7) is -0.544. The maximum atomic E-state index is 10.5. The predicted octanol–water partition coefficient (Wildman–Crippen LogP) is -1.99. The third-order valence-corrected chi connectivity index (χ3v) is 7.56. The van der Waals surface area contributed by atoms with Gasteiger partial charge in [-0.15, -0.1) is 0 Å². The van der Waals surface area contributed by atoms with Gasteiger partial charge < -0.3 is 50.0 Å². The van der Waals surface area contributed by atoms with E-state index >= 15 is 0 Å². The summed E-state index contributed by atoms with van der Waals surface area (Å²) in [6, 6.07) is 0. The van der Waals surface area contributed by atoms with Crippen LogP contribution in [-0.2, 0) is 14.2 Å². The highest BCUT2D eigenvalue weighted by molar-refractivity contribution is 4.98. The Kier molecular flexibility index (Phi) is 7.54. The van der Waals surface area contributed by atoms with Crippen LogP contribution in [0.15, 0.2) is 0 Å². The Morgan fingerprint density at radius 3 is 2.13 bits per heavy atom. The molecule has 0 spiro atoms. The van der Waals surface area contributed by atoms with Gasteiger partial charge in [0.25, 0.3) is 0 Å². The highest BCUT2D eigenvalue weighted by Gasteiger charge is 2.51. The molecular formula is C21H36O10. The van der Waals surface area contributed by atoms with Gasteiger partial charge in [-0.05, 0) is 50.9 Å². The summed E-state index contributed by atoms with van der Waals surface area (Å²) in [5.41, 5.74) is 0. The van der Waals surface area contributed by atoms with Crippen molar-refractivity contribution in [2.45, 2.75) is 112 Å². The van der Waals surface area contributed by atoms with Gasteiger partial charge in [-0.1, -0.05) is 0 Å². The van der Waals surface area contributed by atoms with E-state index in [0.29, 0.717) is 25.7 Å². The second kappa shape index (κ2) is 9.84. The van der Waals surface area contributed by atoms with Gasteiger partial charge in [0, 0.05) is 5.92 Å². The Labute approximate surface area is 181 Å². The molecule has 31 heavy (non-hydrogen) atoms. The highest BCUT2D eigenvalue weighted by atomic mass is 16.7. The van der Waals surface area contributed by atoms with Crippen molar-refractivity contribution in [3.05, 3.63) is 0 Å². The first kappa shape index (κ1) is 23.7. The van der Waals surface area contributed by atoms with Crippen LogP contribution in [0.25, 0.3) is 0 Å². The summed E-state index contributed by atoms with van der Waals surface area (Å²) in [6.07, 6.45) is -5.94. The number of hydrogen-bond acceptors (Lipinski definition) is 10. The number of aliphatic hydroxyl groups excluding tert-OH is 7.